The van der Waals surface area contributed by atoms with Gasteiger partial charge in [0.2, 0.25) is 0 Å². The zero-order chi connectivity index (χ0) is 15.4. The smallest absolute Gasteiger partial charge is 0.161 e. The lowest BCUT2D eigenvalue weighted by Gasteiger charge is -2.27. The van der Waals surface area contributed by atoms with Gasteiger partial charge in [-0.05, 0) is 24.7 Å². The van der Waals surface area contributed by atoms with Crippen LogP contribution in [-0.4, -0.2) is 23.5 Å². The Morgan fingerprint density at radius 1 is 1.19 bits per heavy atom. The standard InChI is InChI=1S/C15H16F3N3/c1-21(9-10-3-2-4-20-8-10)15(7-19)11-5-13(17)14(18)6-12(11)16/h2-6,8,15H,7,9,19H2,1H3. The fraction of sp³-hybridized carbons (Fsp3) is 0.267. The Morgan fingerprint density at radius 3 is 2.52 bits per heavy atom. The minimum atomic E-state index is -1.21. The summed E-state index contributed by atoms with van der Waals surface area (Å²) in [5, 5.41) is 0. The van der Waals surface area contributed by atoms with E-state index in [9.17, 15) is 13.2 Å². The molecule has 2 N–H and O–H groups in total. The molecule has 3 nitrogen and oxygen atoms in total. The molecule has 1 heterocycles. The van der Waals surface area contributed by atoms with Crippen molar-refractivity contribution in [2.75, 3.05) is 13.6 Å². The molecule has 0 aliphatic carbocycles. The second-order valence-electron chi connectivity index (χ2n) is 4.82. The maximum absolute atomic E-state index is 13.9. The third-order valence-corrected chi connectivity index (χ3v) is 3.31. The van der Waals surface area contributed by atoms with Gasteiger partial charge in [-0.25, -0.2) is 13.2 Å². The number of nitrogens with zero attached hydrogens (tertiary/aromatic N) is 2. The summed E-state index contributed by atoms with van der Waals surface area (Å²) in [7, 11) is 1.74. The van der Waals surface area contributed by atoms with E-state index >= 15 is 0 Å². The van der Waals surface area contributed by atoms with Crippen molar-refractivity contribution in [3.05, 3.63) is 65.2 Å². The number of rotatable bonds is 5. The predicted octanol–water partition coefficient (Wildman–Crippen LogP) is 2.63. The van der Waals surface area contributed by atoms with Crippen LogP contribution in [0.3, 0.4) is 0 Å². The fourth-order valence-electron chi connectivity index (χ4n) is 2.23. The van der Waals surface area contributed by atoms with Crippen LogP contribution in [0.1, 0.15) is 17.2 Å². The molecule has 0 saturated carbocycles. The molecule has 2 rings (SSSR count). The molecule has 0 bridgehead atoms. The minimum absolute atomic E-state index is 0.0443. The van der Waals surface area contributed by atoms with Gasteiger partial charge < -0.3 is 5.73 Å². The highest BCUT2D eigenvalue weighted by Gasteiger charge is 2.21. The number of halogens is 3. The Morgan fingerprint density at radius 2 is 1.90 bits per heavy atom. The van der Waals surface area contributed by atoms with E-state index < -0.39 is 23.5 Å². The summed E-state index contributed by atoms with van der Waals surface area (Å²) >= 11 is 0. The van der Waals surface area contributed by atoms with Crippen LogP contribution in [-0.2, 0) is 6.54 Å². The topological polar surface area (TPSA) is 42.2 Å². The molecule has 0 radical (unpaired) electrons. The van der Waals surface area contributed by atoms with Crippen LogP contribution >= 0.6 is 0 Å². The van der Waals surface area contributed by atoms with Gasteiger partial charge in [-0.2, -0.15) is 0 Å². The largest absolute Gasteiger partial charge is 0.329 e. The third kappa shape index (κ3) is 3.59. The molecule has 0 aliphatic heterocycles. The summed E-state index contributed by atoms with van der Waals surface area (Å²) in [5.74, 6) is -3.09. The average Bonchev–Trinajstić information content (AvgIpc) is 2.46. The van der Waals surface area contributed by atoms with E-state index in [4.69, 9.17) is 5.73 Å². The molecule has 0 amide bonds. The second kappa shape index (κ2) is 6.69. The number of likely N-dealkylation sites (N-methyl/N-ethyl adjacent to an activating group) is 1. The van der Waals surface area contributed by atoms with Gasteiger partial charge in [-0.15, -0.1) is 0 Å². The number of hydrogen-bond donors (Lipinski definition) is 1. The van der Waals surface area contributed by atoms with Crippen LogP contribution < -0.4 is 5.73 Å². The maximum Gasteiger partial charge on any atom is 0.161 e. The second-order valence-corrected chi connectivity index (χ2v) is 4.82. The van der Waals surface area contributed by atoms with Gasteiger partial charge >= 0.3 is 0 Å². The molecule has 1 unspecified atom stereocenters. The van der Waals surface area contributed by atoms with E-state index in [0.717, 1.165) is 11.6 Å². The van der Waals surface area contributed by atoms with Crippen LogP contribution in [0.25, 0.3) is 0 Å². The zero-order valence-corrected chi connectivity index (χ0v) is 11.6. The zero-order valence-electron chi connectivity index (χ0n) is 11.6. The summed E-state index contributed by atoms with van der Waals surface area (Å²) in [6.45, 7) is 0.549. The van der Waals surface area contributed by atoms with E-state index in [0.29, 0.717) is 12.6 Å². The van der Waals surface area contributed by atoms with Crippen molar-refractivity contribution in [1.29, 1.82) is 0 Å². The van der Waals surface area contributed by atoms with Crippen molar-refractivity contribution in [3.63, 3.8) is 0 Å². The lowest BCUT2D eigenvalue weighted by molar-refractivity contribution is 0.235. The quantitative estimate of drug-likeness (QED) is 0.862. The lowest BCUT2D eigenvalue weighted by Crippen LogP contribution is -2.31. The van der Waals surface area contributed by atoms with Crippen LogP contribution in [0.4, 0.5) is 13.2 Å². The molecule has 0 saturated heterocycles. The lowest BCUT2D eigenvalue weighted by atomic mass is 10.0. The van der Waals surface area contributed by atoms with Crippen LogP contribution in [0.5, 0.6) is 0 Å². The molecule has 112 valence electrons. The number of aromatic nitrogens is 1. The van der Waals surface area contributed by atoms with Crippen molar-refractivity contribution in [2.24, 2.45) is 5.73 Å². The SMILES string of the molecule is CN(Cc1cccnc1)C(CN)c1cc(F)c(F)cc1F. The Bertz CT molecular complexity index is 605. The molecule has 0 aliphatic rings. The Hall–Kier alpha value is -1.92. The first-order chi connectivity index (χ1) is 10.0. The maximum atomic E-state index is 13.9. The van der Waals surface area contributed by atoms with Crippen LogP contribution in [0.15, 0.2) is 36.7 Å². The fourth-order valence-corrected chi connectivity index (χ4v) is 2.23. The molecule has 0 spiro atoms. The van der Waals surface area contributed by atoms with Crippen molar-refractivity contribution in [3.8, 4) is 0 Å². The summed E-state index contributed by atoms with van der Waals surface area (Å²) in [4.78, 5) is 5.77. The Kier molecular flexibility index (Phi) is 4.93. The van der Waals surface area contributed by atoms with Gasteiger partial charge in [0, 0.05) is 37.1 Å². The molecule has 2 aromatic rings. The molecule has 1 atom stereocenters. The molecule has 6 heteroatoms. The first-order valence-electron chi connectivity index (χ1n) is 6.46. The summed E-state index contributed by atoms with van der Waals surface area (Å²) in [5.41, 5.74) is 6.64. The van der Waals surface area contributed by atoms with Crippen LogP contribution in [0, 0.1) is 17.5 Å². The van der Waals surface area contributed by atoms with Gasteiger partial charge in [-0.3, -0.25) is 9.88 Å². The van der Waals surface area contributed by atoms with Gasteiger partial charge in [0.05, 0.1) is 6.04 Å². The normalized spacial score (nSPS) is 12.7. The summed E-state index contributed by atoms with van der Waals surface area (Å²) in [6, 6.07) is 4.52. The molecule has 1 aromatic carbocycles. The van der Waals surface area contributed by atoms with E-state index in [2.05, 4.69) is 4.98 Å². The number of hydrogen-bond acceptors (Lipinski definition) is 3. The van der Waals surface area contributed by atoms with Gasteiger partial charge in [-0.1, -0.05) is 6.07 Å². The predicted molar refractivity (Wildman–Crippen MR) is 73.8 cm³/mol. The summed E-state index contributed by atoms with van der Waals surface area (Å²) in [6.07, 6.45) is 3.34. The van der Waals surface area contributed by atoms with Gasteiger partial charge in [0.25, 0.3) is 0 Å². The van der Waals surface area contributed by atoms with E-state index in [1.807, 2.05) is 6.07 Å². The van der Waals surface area contributed by atoms with Gasteiger partial charge in [0.15, 0.2) is 11.6 Å². The third-order valence-electron chi connectivity index (χ3n) is 3.31. The van der Waals surface area contributed by atoms with Crippen molar-refractivity contribution in [2.45, 2.75) is 12.6 Å². The summed E-state index contributed by atoms with van der Waals surface area (Å²) < 4.78 is 40.2. The first kappa shape index (κ1) is 15.5. The highest BCUT2D eigenvalue weighted by atomic mass is 19.2. The first-order valence-corrected chi connectivity index (χ1v) is 6.46. The van der Waals surface area contributed by atoms with Crippen molar-refractivity contribution >= 4 is 0 Å². The molecule has 21 heavy (non-hydrogen) atoms. The Balaban J connectivity index is 2.25. The van der Waals surface area contributed by atoms with Crippen molar-refractivity contribution in [1.82, 2.24) is 9.88 Å². The molecule has 0 fully saturated rings. The molecule has 1 aromatic heterocycles. The number of nitrogens with two attached hydrogens (primary N) is 1. The highest BCUT2D eigenvalue weighted by Crippen LogP contribution is 2.25. The highest BCUT2D eigenvalue weighted by molar-refractivity contribution is 5.24. The van der Waals surface area contributed by atoms with E-state index in [1.165, 1.54) is 0 Å². The molecular formula is C15H16F3N3. The Labute approximate surface area is 121 Å². The monoisotopic (exact) mass is 295 g/mol. The van der Waals surface area contributed by atoms with E-state index in [1.54, 1.807) is 30.4 Å². The van der Waals surface area contributed by atoms with Crippen LogP contribution in [0.2, 0.25) is 0 Å². The number of benzene rings is 1. The average molecular weight is 295 g/mol. The number of pyridine rings is 1. The van der Waals surface area contributed by atoms with Crippen molar-refractivity contribution < 1.29 is 13.2 Å². The van der Waals surface area contributed by atoms with E-state index in [-0.39, 0.29) is 12.1 Å². The molecular weight excluding hydrogens is 279 g/mol. The van der Waals surface area contributed by atoms with Gasteiger partial charge in [0.1, 0.15) is 5.82 Å². The minimum Gasteiger partial charge on any atom is -0.329 e.